The van der Waals surface area contributed by atoms with Crippen LogP contribution in [0.4, 0.5) is 8.63 Å². The molecule has 0 N–H and O–H groups in total. The highest BCUT2D eigenvalue weighted by Crippen LogP contribution is 2.44. The predicted molar refractivity (Wildman–Crippen MR) is 136 cm³/mol. The number of ether oxygens (including phenoxy) is 3. The van der Waals surface area contributed by atoms with Crippen LogP contribution in [0.1, 0.15) is 36.4 Å². The van der Waals surface area contributed by atoms with Crippen LogP contribution in [0.25, 0.3) is 16.0 Å². The molecule has 0 atom stereocenters. The van der Waals surface area contributed by atoms with Gasteiger partial charge >= 0.3 is 6.97 Å². The van der Waals surface area contributed by atoms with Crippen LogP contribution in [0.5, 0.6) is 5.75 Å². The van der Waals surface area contributed by atoms with Crippen molar-refractivity contribution in [3.05, 3.63) is 80.6 Å². The summed E-state index contributed by atoms with van der Waals surface area (Å²) in [4.78, 5) is 2.65. The van der Waals surface area contributed by atoms with E-state index in [1.54, 1.807) is 13.8 Å². The van der Waals surface area contributed by atoms with E-state index >= 15 is 8.63 Å². The van der Waals surface area contributed by atoms with Gasteiger partial charge < -0.3 is 31.8 Å². The molecule has 0 spiro atoms. The fourth-order valence-electron chi connectivity index (χ4n) is 4.98. The zero-order valence-corrected chi connectivity index (χ0v) is 21.0. The lowest BCUT2D eigenvalue weighted by atomic mass is 9.84. The van der Waals surface area contributed by atoms with Gasteiger partial charge in [0.25, 0.3) is 0 Å². The van der Waals surface area contributed by atoms with Crippen molar-refractivity contribution in [3.63, 3.8) is 0 Å². The van der Waals surface area contributed by atoms with E-state index in [2.05, 4.69) is 10.0 Å². The van der Waals surface area contributed by atoms with Gasteiger partial charge in [0.15, 0.2) is 5.70 Å². The summed E-state index contributed by atoms with van der Waals surface area (Å²) in [6.45, 7) is 5.50. The van der Waals surface area contributed by atoms with Crippen LogP contribution in [0.15, 0.2) is 52.8 Å². The number of aromatic nitrogens is 1. The molecule has 0 amide bonds. The largest absolute Gasteiger partial charge is 0.737 e. The lowest BCUT2D eigenvalue weighted by Crippen LogP contribution is -2.51. The van der Waals surface area contributed by atoms with Gasteiger partial charge in [0.1, 0.15) is 18.1 Å². The Labute approximate surface area is 209 Å². The van der Waals surface area contributed by atoms with Crippen LogP contribution in [0.3, 0.4) is 0 Å². The Morgan fingerprint density at radius 2 is 1.67 bits per heavy atom. The van der Waals surface area contributed by atoms with Gasteiger partial charge in [-0.05, 0) is 61.3 Å². The molecule has 190 valence electrons. The Morgan fingerprint density at radius 1 is 1.00 bits per heavy atom. The standard InChI is InChI=1S/C25H30BF2N5O3/c1-17-15-19(3)32-24(17)23(25-18(2)16-20(4)33(25)26(32,27)28)21-5-7-22(8-6-21)36-14-13-35-12-11-34-10-9-30-31-29/h5-8,15-16H,9-14H2,1-4H3. The number of rotatable bonds is 11. The van der Waals surface area contributed by atoms with Crippen molar-refractivity contribution in [1.29, 1.82) is 0 Å². The number of hydrogen-bond donors (Lipinski definition) is 0. The number of azide groups is 1. The maximum absolute atomic E-state index is 15.7. The molecule has 3 heterocycles. The van der Waals surface area contributed by atoms with Gasteiger partial charge in [0.05, 0.1) is 32.0 Å². The molecule has 2 aromatic rings. The molecule has 2 aliphatic rings. The fourth-order valence-corrected chi connectivity index (χ4v) is 4.98. The second kappa shape index (κ2) is 10.7. The SMILES string of the molecule is CC1=CC(C)=[N+]2C1=C(c1ccc(OCCOCCOCCN=[N+]=[N-])cc1)c1c(C)cc(C)n1[B-]2(F)F. The van der Waals surface area contributed by atoms with Crippen molar-refractivity contribution in [1.82, 2.24) is 4.48 Å². The summed E-state index contributed by atoms with van der Waals surface area (Å²) in [5.41, 5.74) is 13.7. The number of benzene rings is 1. The summed E-state index contributed by atoms with van der Waals surface area (Å²) < 4.78 is 50.4. The monoisotopic (exact) mass is 497 g/mol. The highest BCUT2D eigenvalue weighted by molar-refractivity contribution is 6.58. The third kappa shape index (κ3) is 4.82. The molecule has 1 aromatic carbocycles. The van der Waals surface area contributed by atoms with Gasteiger partial charge in [-0.25, -0.2) is 0 Å². The third-order valence-electron chi connectivity index (χ3n) is 6.34. The topological polar surface area (TPSA) is 84.4 Å². The first kappa shape index (κ1) is 25.7. The van der Waals surface area contributed by atoms with E-state index in [1.165, 1.54) is 8.96 Å². The van der Waals surface area contributed by atoms with Crippen LogP contribution in [0, 0.1) is 13.8 Å². The highest BCUT2D eigenvalue weighted by Gasteiger charge is 2.55. The molecule has 0 saturated carbocycles. The number of allylic oxidation sites excluding steroid dienone is 2. The van der Waals surface area contributed by atoms with Crippen molar-refractivity contribution < 1.29 is 27.3 Å². The zero-order chi connectivity index (χ0) is 25.9. The van der Waals surface area contributed by atoms with Gasteiger partial charge in [-0.2, -0.15) is 0 Å². The molecule has 0 radical (unpaired) electrons. The molecule has 0 saturated heterocycles. The van der Waals surface area contributed by atoms with Crippen molar-refractivity contribution >= 4 is 18.3 Å². The maximum atomic E-state index is 15.7. The van der Waals surface area contributed by atoms with Crippen LogP contribution >= 0.6 is 0 Å². The van der Waals surface area contributed by atoms with Gasteiger partial charge in [0, 0.05) is 35.7 Å². The number of fused-ring (bicyclic) bond motifs is 2. The fraction of sp³-hybridized carbons (Fsp3) is 0.400. The molecule has 0 bridgehead atoms. The van der Waals surface area contributed by atoms with Crippen LogP contribution in [-0.4, -0.2) is 61.2 Å². The van der Waals surface area contributed by atoms with Gasteiger partial charge in [-0.15, -0.1) is 0 Å². The first-order valence-electron chi connectivity index (χ1n) is 11.9. The van der Waals surface area contributed by atoms with E-state index in [4.69, 9.17) is 19.7 Å². The summed E-state index contributed by atoms with van der Waals surface area (Å²) in [5.74, 6) is 0.672. The second-order valence-corrected chi connectivity index (χ2v) is 8.89. The molecule has 1 aromatic heterocycles. The van der Waals surface area contributed by atoms with E-state index in [0.29, 0.717) is 68.1 Å². The quantitative estimate of drug-likeness (QED) is 0.140. The Balaban J connectivity index is 1.47. The summed E-state index contributed by atoms with van der Waals surface area (Å²) in [7, 11) is 0. The van der Waals surface area contributed by atoms with E-state index in [1.807, 2.05) is 50.3 Å². The van der Waals surface area contributed by atoms with Gasteiger partial charge in [-0.1, -0.05) is 17.2 Å². The third-order valence-corrected chi connectivity index (χ3v) is 6.34. The van der Waals surface area contributed by atoms with E-state index in [-0.39, 0.29) is 0 Å². The molecule has 0 fully saturated rings. The molecule has 11 heteroatoms. The van der Waals surface area contributed by atoms with Crippen molar-refractivity contribution in [2.24, 2.45) is 5.11 Å². The lowest BCUT2D eigenvalue weighted by molar-refractivity contribution is -0.363. The highest BCUT2D eigenvalue weighted by atomic mass is 19.2. The Hall–Kier alpha value is -3.40. The molecular weight excluding hydrogens is 467 g/mol. The van der Waals surface area contributed by atoms with Crippen molar-refractivity contribution in [2.75, 3.05) is 39.6 Å². The predicted octanol–water partition coefficient (Wildman–Crippen LogP) is 5.26. The summed E-state index contributed by atoms with van der Waals surface area (Å²) in [6.07, 6.45) is 1.82. The van der Waals surface area contributed by atoms with Gasteiger partial charge in [-0.3, -0.25) is 0 Å². The number of halogens is 2. The van der Waals surface area contributed by atoms with E-state index in [9.17, 15) is 0 Å². The maximum Gasteiger partial charge on any atom is 0.737 e. The first-order chi connectivity index (χ1) is 17.3. The molecule has 0 unspecified atom stereocenters. The second-order valence-electron chi connectivity index (χ2n) is 8.89. The lowest BCUT2D eigenvalue weighted by Gasteiger charge is -2.34. The molecule has 36 heavy (non-hydrogen) atoms. The average molecular weight is 497 g/mol. The smallest absolute Gasteiger partial charge is 0.491 e. The zero-order valence-electron chi connectivity index (χ0n) is 21.0. The molecule has 4 rings (SSSR count). The van der Waals surface area contributed by atoms with Crippen molar-refractivity contribution in [3.8, 4) is 5.75 Å². The average Bonchev–Trinajstić information content (AvgIpc) is 3.31. The Morgan fingerprint density at radius 3 is 2.36 bits per heavy atom. The van der Waals surface area contributed by atoms with Crippen LogP contribution in [0.2, 0.25) is 0 Å². The number of nitrogens with zero attached hydrogens (tertiary/aromatic N) is 5. The molecule has 0 aliphatic carbocycles. The van der Waals surface area contributed by atoms with E-state index < -0.39 is 6.97 Å². The summed E-state index contributed by atoms with van der Waals surface area (Å²) in [6, 6.07) is 9.36. The minimum atomic E-state index is -3.99. The minimum absolute atomic E-state index is 0.300. The molecular formula is C25H30BF2N5O3. The summed E-state index contributed by atoms with van der Waals surface area (Å²) >= 11 is 0. The normalized spacial score (nSPS) is 16.0. The Bertz CT molecular complexity index is 1290. The summed E-state index contributed by atoms with van der Waals surface area (Å²) in [5, 5.41) is 3.39. The number of aryl methyl sites for hydroxylation is 2. The van der Waals surface area contributed by atoms with Crippen molar-refractivity contribution in [2.45, 2.75) is 27.7 Å². The molecule has 8 nitrogen and oxygen atoms in total. The molecule has 2 aliphatic heterocycles. The van der Waals surface area contributed by atoms with Crippen LogP contribution < -0.4 is 4.74 Å². The van der Waals surface area contributed by atoms with E-state index in [0.717, 1.165) is 22.3 Å². The Kier molecular flexibility index (Phi) is 7.63. The van der Waals surface area contributed by atoms with Gasteiger partial charge in [0.2, 0.25) is 0 Å². The first-order valence-corrected chi connectivity index (χ1v) is 11.9. The minimum Gasteiger partial charge on any atom is -0.491 e. The van der Waals surface area contributed by atoms with Crippen LogP contribution in [-0.2, 0) is 9.47 Å². The number of hydrogen-bond acceptors (Lipinski definition) is 4.